The first-order chi connectivity index (χ1) is 11.5. The number of rotatable bonds is 2. The molecule has 7 nitrogen and oxygen atoms in total. The molecule has 3 heterocycles. The average molecular weight is 389 g/mol. The van der Waals surface area contributed by atoms with Crippen molar-refractivity contribution in [2.24, 2.45) is 4.99 Å². The van der Waals surface area contributed by atoms with E-state index in [2.05, 4.69) is 4.99 Å². The van der Waals surface area contributed by atoms with E-state index in [1.54, 1.807) is 17.0 Å². The van der Waals surface area contributed by atoms with Gasteiger partial charge < -0.3 is 14.4 Å². The molecule has 2 fully saturated rings. The van der Waals surface area contributed by atoms with Crippen LogP contribution in [0, 0.1) is 0 Å². The third-order valence-corrected chi connectivity index (χ3v) is 7.47. The van der Waals surface area contributed by atoms with E-state index in [1.165, 1.54) is 11.8 Å². The first-order valence-corrected chi connectivity index (χ1v) is 10.4. The topological polar surface area (TPSA) is 85.3 Å². The highest BCUT2D eigenvalue weighted by Crippen LogP contribution is 2.43. The van der Waals surface area contributed by atoms with Gasteiger partial charge in [-0.2, -0.15) is 4.99 Å². The molecular formula is C14H13ClN2O5S2. The van der Waals surface area contributed by atoms with Gasteiger partial charge in [-0.05, 0) is 12.1 Å². The van der Waals surface area contributed by atoms with Gasteiger partial charge in [0.05, 0.1) is 17.5 Å². The van der Waals surface area contributed by atoms with Crippen molar-refractivity contribution in [3.8, 4) is 11.5 Å². The molecule has 0 bridgehead atoms. The van der Waals surface area contributed by atoms with Crippen molar-refractivity contribution in [1.29, 1.82) is 0 Å². The number of halogens is 1. The van der Waals surface area contributed by atoms with Gasteiger partial charge in [-0.3, -0.25) is 4.79 Å². The quantitative estimate of drug-likeness (QED) is 0.705. The van der Waals surface area contributed by atoms with E-state index in [9.17, 15) is 13.2 Å². The molecule has 0 saturated carbocycles. The molecule has 2 saturated heterocycles. The van der Waals surface area contributed by atoms with Crippen LogP contribution in [-0.2, 0) is 14.6 Å². The Kier molecular flexibility index (Phi) is 3.89. The average Bonchev–Trinajstić information content (AvgIpc) is 3.18. The molecule has 2 atom stereocenters. The van der Waals surface area contributed by atoms with Crippen molar-refractivity contribution >= 4 is 50.0 Å². The Morgan fingerprint density at radius 1 is 1.33 bits per heavy atom. The van der Waals surface area contributed by atoms with Gasteiger partial charge in [0, 0.05) is 17.0 Å². The number of ether oxygens (including phenoxy) is 2. The van der Waals surface area contributed by atoms with Crippen LogP contribution < -0.4 is 14.4 Å². The standard InChI is InChI=1S/C14H13ClN2O5S2/c15-4-13(18)16-14-17(9-5-24(19,20)6-12(9)23-14)8-1-2-10-11(3-8)22-7-21-10/h1-3,9,12H,4-7H2/t9-,12-/m1/s1. The predicted molar refractivity (Wildman–Crippen MR) is 92.0 cm³/mol. The van der Waals surface area contributed by atoms with Crippen molar-refractivity contribution in [3.63, 3.8) is 0 Å². The van der Waals surface area contributed by atoms with Crippen molar-refractivity contribution < 1.29 is 22.7 Å². The van der Waals surface area contributed by atoms with Crippen LogP contribution >= 0.6 is 23.4 Å². The fourth-order valence-electron chi connectivity index (χ4n) is 3.04. The number of amidine groups is 1. The van der Waals surface area contributed by atoms with Crippen LogP contribution in [0.15, 0.2) is 23.2 Å². The third kappa shape index (κ3) is 2.74. The van der Waals surface area contributed by atoms with E-state index in [0.717, 1.165) is 5.69 Å². The van der Waals surface area contributed by atoms with Gasteiger partial charge in [0.25, 0.3) is 5.91 Å². The van der Waals surface area contributed by atoms with Gasteiger partial charge in [0.1, 0.15) is 5.88 Å². The van der Waals surface area contributed by atoms with E-state index in [0.29, 0.717) is 16.7 Å². The lowest BCUT2D eigenvalue weighted by molar-refractivity contribution is -0.115. The number of aliphatic imine (C=N–C) groups is 1. The van der Waals surface area contributed by atoms with Crippen molar-refractivity contribution in [1.82, 2.24) is 0 Å². The predicted octanol–water partition coefficient (Wildman–Crippen LogP) is 1.26. The summed E-state index contributed by atoms with van der Waals surface area (Å²) in [5.74, 6) is 0.672. The first-order valence-electron chi connectivity index (χ1n) is 7.20. The van der Waals surface area contributed by atoms with E-state index in [1.807, 2.05) is 6.07 Å². The fraction of sp³-hybridized carbons (Fsp3) is 0.429. The Bertz CT molecular complexity index is 842. The lowest BCUT2D eigenvalue weighted by Gasteiger charge is -2.24. The molecule has 0 unspecified atom stereocenters. The number of hydrogen-bond acceptors (Lipinski definition) is 6. The van der Waals surface area contributed by atoms with Crippen LogP contribution in [-0.4, -0.2) is 55.0 Å². The molecule has 0 spiro atoms. The minimum atomic E-state index is -3.10. The number of benzene rings is 1. The lowest BCUT2D eigenvalue weighted by atomic mass is 10.2. The van der Waals surface area contributed by atoms with Crippen LogP contribution in [0.5, 0.6) is 11.5 Å². The summed E-state index contributed by atoms with van der Waals surface area (Å²) >= 11 is 6.86. The number of anilines is 1. The normalized spacial score (nSPS) is 28.4. The third-order valence-electron chi connectivity index (χ3n) is 4.04. The highest BCUT2D eigenvalue weighted by Gasteiger charge is 2.49. The number of alkyl halides is 1. The zero-order chi connectivity index (χ0) is 16.9. The number of nitrogens with zero attached hydrogens (tertiary/aromatic N) is 2. The van der Waals surface area contributed by atoms with E-state index in [4.69, 9.17) is 21.1 Å². The number of fused-ring (bicyclic) bond motifs is 2. The second-order valence-corrected chi connectivity index (χ2v) is 9.26. The highest BCUT2D eigenvalue weighted by molar-refractivity contribution is 8.16. The Hall–Kier alpha value is -1.45. The van der Waals surface area contributed by atoms with Gasteiger partial charge >= 0.3 is 0 Å². The maximum atomic E-state index is 12.0. The molecule has 0 radical (unpaired) electrons. The number of carbonyl (C=O) groups excluding carboxylic acids is 1. The molecule has 24 heavy (non-hydrogen) atoms. The van der Waals surface area contributed by atoms with Gasteiger partial charge in [-0.1, -0.05) is 11.8 Å². The molecule has 1 aromatic carbocycles. The summed E-state index contributed by atoms with van der Waals surface area (Å²) in [6, 6.07) is 5.08. The number of amides is 1. The minimum Gasteiger partial charge on any atom is -0.454 e. The number of thioether (sulfide) groups is 1. The smallest absolute Gasteiger partial charge is 0.262 e. The molecular weight excluding hydrogens is 376 g/mol. The molecule has 128 valence electrons. The molecule has 0 aromatic heterocycles. The molecule has 0 aliphatic carbocycles. The molecule has 1 amide bonds. The minimum absolute atomic E-state index is 0.0349. The maximum absolute atomic E-state index is 12.0. The summed E-state index contributed by atoms with van der Waals surface area (Å²) < 4.78 is 34.6. The lowest BCUT2D eigenvalue weighted by Crippen LogP contribution is -2.37. The fourth-order valence-corrected chi connectivity index (χ4v) is 7.03. The van der Waals surface area contributed by atoms with Crippen LogP contribution in [0.2, 0.25) is 0 Å². The Morgan fingerprint density at radius 2 is 2.12 bits per heavy atom. The summed E-state index contributed by atoms with van der Waals surface area (Å²) in [7, 11) is -3.10. The van der Waals surface area contributed by atoms with Gasteiger partial charge in [-0.25, -0.2) is 8.42 Å². The summed E-state index contributed by atoms with van der Waals surface area (Å²) in [5.41, 5.74) is 0.720. The number of sulfone groups is 1. The molecule has 3 aliphatic rings. The zero-order valence-electron chi connectivity index (χ0n) is 12.3. The SMILES string of the molecule is O=C(CCl)N=C1S[C@@H]2CS(=O)(=O)C[C@H]2N1c1ccc2c(c1)OCO2. The molecule has 3 aliphatic heterocycles. The first kappa shape index (κ1) is 16.0. The summed E-state index contributed by atoms with van der Waals surface area (Å²) in [4.78, 5) is 17.5. The molecule has 1 aromatic rings. The van der Waals surface area contributed by atoms with Gasteiger partial charge in [-0.15, -0.1) is 11.6 Å². The maximum Gasteiger partial charge on any atom is 0.262 e. The Balaban J connectivity index is 1.75. The highest BCUT2D eigenvalue weighted by atomic mass is 35.5. The Morgan fingerprint density at radius 3 is 2.92 bits per heavy atom. The van der Waals surface area contributed by atoms with E-state index >= 15 is 0 Å². The summed E-state index contributed by atoms with van der Waals surface area (Å²) in [6.07, 6.45) is 0. The van der Waals surface area contributed by atoms with Crippen molar-refractivity contribution in [2.75, 3.05) is 29.1 Å². The van der Waals surface area contributed by atoms with E-state index < -0.39 is 15.7 Å². The van der Waals surface area contributed by atoms with Gasteiger partial charge in [0.2, 0.25) is 6.79 Å². The van der Waals surface area contributed by atoms with Crippen LogP contribution in [0.3, 0.4) is 0 Å². The monoisotopic (exact) mass is 388 g/mol. The summed E-state index contributed by atoms with van der Waals surface area (Å²) in [5, 5.41) is 0.326. The number of hydrogen-bond donors (Lipinski definition) is 0. The molecule has 0 N–H and O–H groups in total. The van der Waals surface area contributed by atoms with Crippen LogP contribution in [0.4, 0.5) is 5.69 Å². The van der Waals surface area contributed by atoms with Crippen LogP contribution in [0.1, 0.15) is 0 Å². The molecule has 10 heteroatoms. The Labute approximate surface area is 147 Å². The summed E-state index contributed by atoms with van der Waals surface area (Å²) in [6.45, 7) is 0.152. The second kappa shape index (κ2) is 5.82. The number of carbonyl (C=O) groups is 1. The largest absolute Gasteiger partial charge is 0.454 e. The zero-order valence-corrected chi connectivity index (χ0v) is 14.7. The van der Waals surface area contributed by atoms with Crippen molar-refractivity contribution in [3.05, 3.63) is 18.2 Å². The van der Waals surface area contributed by atoms with Crippen LogP contribution in [0.25, 0.3) is 0 Å². The van der Waals surface area contributed by atoms with E-state index in [-0.39, 0.29) is 35.5 Å². The van der Waals surface area contributed by atoms with Crippen molar-refractivity contribution in [2.45, 2.75) is 11.3 Å². The second-order valence-electron chi connectivity index (χ2n) is 5.63. The molecule has 4 rings (SSSR count). The van der Waals surface area contributed by atoms with Gasteiger partial charge in [0.15, 0.2) is 26.5 Å².